The van der Waals surface area contributed by atoms with E-state index in [9.17, 15) is 9.18 Å². The SMILES string of the molecule is CC(C)N(CCCN)C(=O)c1ccc(F)cn1. The summed E-state index contributed by atoms with van der Waals surface area (Å²) >= 11 is 0. The lowest BCUT2D eigenvalue weighted by Crippen LogP contribution is -2.38. The number of nitrogens with zero attached hydrogens (tertiary/aromatic N) is 2. The fourth-order valence-electron chi connectivity index (χ4n) is 1.51. The summed E-state index contributed by atoms with van der Waals surface area (Å²) in [6.45, 7) is 4.98. The number of hydrogen-bond donors (Lipinski definition) is 1. The quantitative estimate of drug-likeness (QED) is 0.845. The maximum absolute atomic E-state index is 12.7. The minimum absolute atomic E-state index is 0.0703. The van der Waals surface area contributed by atoms with Crippen molar-refractivity contribution < 1.29 is 9.18 Å². The standard InChI is InChI=1S/C12H18FN3O/c1-9(2)16(7-3-6-14)12(17)11-5-4-10(13)8-15-11/h4-5,8-9H,3,6-7,14H2,1-2H3. The molecular formula is C12H18FN3O. The lowest BCUT2D eigenvalue weighted by molar-refractivity contribution is 0.0698. The van der Waals surface area contributed by atoms with E-state index in [0.717, 1.165) is 12.6 Å². The number of halogens is 1. The zero-order valence-electron chi connectivity index (χ0n) is 10.2. The molecule has 2 N–H and O–H groups in total. The van der Waals surface area contributed by atoms with Gasteiger partial charge in [-0.2, -0.15) is 0 Å². The van der Waals surface area contributed by atoms with Crippen LogP contribution in [0.1, 0.15) is 30.8 Å². The molecule has 0 spiro atoms. The van der Waals surface area contributed by atoms with Crippen LogP contribution in [0.25, 0.3) is 0 Å². The molecule has 5 heteroatoms. The highest BCUT2D eigenvalue weighted by Gasteiger charge is 2.19. The van der Waals surface area contributed by atoms with Crippen molar-refractivity contribution in [3.63, 3.8) is 0 Å². The highest BCUT2D eigenvalue weighted by molar-refractivity contribution is 5.92. The average molecular weight is 239 g/mol. The number of rotatable bonds is 5. The maximum Gasteiger partial charge on any atom is 0.272 e. The molecule has 0 bridgehead atoms. The molecule has 0 aliphatic carbocycles. The van der Waals surface area contributed by atoms with Crippen LogP contribution in [-0.2, 0) is 0 Å². The van der Waals surface area contributed by atoms with E-state index >= 15 is 0 Å². The van der Waals surface area contributed by atoms with Crippen LogP contribution in [0.4, 0.5) is 4.39 Å². The molecule has 1 rings (SSSR count). The Balaban J connectivity index is 2.80. The second-order valence-electron chi connectivity index (χ2n) is 4.10. The number of nitrogens with two attached hydrogens (primary N) is 1. The number of amides is 1. The van der Waals surface area contributed by atoms with Crippen LogP contribution in [0.5, 0.6) is 0 Å². The van der Waals surface area contributed by atoms with Gasteiger partial charge in [-0.05, 0) is 38.9 Å². The summed E-state index contributed by atoms with van der Waals surface area (Å²) in [4.78, 5) is 17.6. The molecule has 0 saturated carbocycles. The topological polar surface area (TPSA) is 59.2 Å². The van der Waals surface area contributed by atoms with E-state index in [1.54, 1.807) is 4.90 Å². The van der Waals surface area contributed by atoms with Crippen molar-refractivity contribution in [2.45, 2.75) is 26.3 Å². The van der Waals surface area contributed by atoms with Gasteiger partial charge in [-0.15, -0.1) is 0 Å². The first-order chi connectivity index (χ1) is 8.06. The molecule has 0 radical (unpaired) electrons. The van der Waals surface area contributed by atoms with Crippen LogP contribution in [0, 0.1) is 5.82 Å². The van der Waals surface area contributed by atoms with Gasteiger partial charge in [0.15, 0.2) is 0 Å². The Morgan fingerprint density at radius 3 is 2.71 bits per heavy atom. The van der Waals surface area contributed by atoms with Gasteiger partial charge in [-0.25, -0.2) is 9.37 Å². The minimum Gasteiger partial charge on any atom is -0.335 e. The third kappa shape index (κ3) is 3.78. The molecule has 0 aromatic carbocycles. The average Bonchev–Trinajstić information content (AvgIpc) is 2.29. The van der Waals surface area contributed by atoms with Crippen LogP contribution in [0.15, 0.2) is 18.3 Å². The molecule has 0 fully saturated rings. The molecule has 1 amide bonds. The number of carbonyl (C=O) groups is 1. The van der Waals surface area contributed by atoms with Crippen LogP contribution in [0.2, 0.25) is 0 Å². The Kier molecular flexibility index (Phi) is 5.03. The van der Waals surface area contributed by atoms with Gasteiger partial charge in [0.05, 0.1) is 6.20 Å². The summed E-state index contributed by atoms with van der Waals surface area (Å²) < 4.78 is 12.7. The minimum atomic E-state index is -0.445. The predicted octanol–water partition coefficient (Wildman–Crippen LogP) is 1.42. The second kappa shape index (κ2) is 6.30. The van der Waals surface area contributed by atoms with Crippen LogP contribution in [0.3, 0.4) is 0 Å². The largest absolute Gasteiger partial charge is 0.335 e. The van der Waals surface area contributed by atoms with Crippen molar-refractivity contribution in [2.75, 3.05) is 13.1 Å². The fourth-order valence-corrected chi connectivity index (χ4v) is 1.51. The van der Waals surface area contributed by atoms with Gasteiger partial charge >= 0.3 is 0 Å². The van der Waals surface area contributed by atoms with E-state index in [4.69, 9.17) is 5.73 Å². The molecule has 0 unspecified atom stereocenters. The van der Waals surface area contributed by atoms with E-state index < -0.39 is 5.82 Å². The Morgan fingerprint density at radius 1 is 1.53 bits per heavy atom. The highest BCUT2D eigenvalue weighted by Crippen LogP contribution is 2.07. The normalized spacial score (nSPS) is 10.6. The first-order valence-corrected chi connectivity index (χ1v) is 5.69. The summed E-state index contributed by atoms with van der Waals surface area (Å²) in [6, 6.07) is 2.71. The molecule has 0 atom stereocenters. The first-order valence-electron chi connectivity index (χ1n) is 5.69. The lowest BCUT2D eigenvalue weighted by Gasteiger charge is -2.26. The van der Waals surface area contributed by atoms with Gasteiger partial charge in [-0.1, -0.05) is 0 Å². The molecule has 1 aromatic rings. The molecule has 1 heterocycles. The first kappa shape index (κ1) is 13.6. The molecule has 4 nitrogen and oxygen atoms in total. The number of carbonyl (C=O) groups excluding carboxylic acids is 1. The van der Waals surface area contributed by atoms with Crippen molar-refractivity contribution in [3.05, 3.63) is 29.8 Å². The molecule has 17 heavy (non-hydrogen) atoms. The van der Waals surface area contributed by atoms with Crippen molar-refractivity contribution >= 4 is 5.91 Å². The van der Waals surface area contributed by atoms with E-state index in [1.165, 1.54) is 12.1 Å². The number of hydrogen-bond acceptors (Lipinski definition) is 3. The summed E-state index contributed by atoms with van der Waals surface area (Å²) in [5, 5.41) is 0. The molecule has 1 aromatic heterocycles. The number of aromatic nitrogens is 1. The fraction of sp³-hybridized carbons (Fsp3) is 0.500. The van der Waals surface area contributed by atoms with Gasteiger partial charge in [0.2, 0.25) is 0 Å². The second-order valence-corrected chi connectivity index (χ2v) is 4.10. The van der Waals surface area contributed by atoms with E-state index in [-0.39, 0.29) is 17.6 Å². The van der Waals surface area contributed by atoms with E-state index in [2.05, 4.69) is 4.98 Å². The zero-order chi connectivity index (χ0) is 12.8. The van der Waals surface area contributed by atoms with Crippen LogP contribution < -0.4 is 5.73 Å². The summed E-state index contributed by atoms with van der Waals surface area (Å²) in [7, 11) is 0. The van der Waals surface area contributed by atoms with Gasteiger partial charge in [0.1, 0.15) is 11.5 Å². The zero-order valence-corrected chi connectivity index (χ0v) is 10.2. The molecule has 94 valence electrons. The Hall–Kier alpha value is -1.49. The van der Waals surface area contributed by atoms with Gasteiger partial charge < -0.3 is 10.6 Å². The summed E-state index contributed by atoms with van der Waals surface area (Å²) in [6.07, 6.45) is 1.79. The number of pyridine rings is 1. The molecule has 0 saturated heterocycles. The van der Waals surface area contributed by atoms with Crippen molar-refractivity contribution in [1.29, 1.82) is 0 Å². The van der Waals surface area contributed by atoms with Crippen molar-refractivity contribution in [2.24, 2.45) is 5.73 Å². The smallest absolute Gasteiger partial charge is 0.272 e. The Bertz CT molecular complexity index is 365. The van der Waals surface area contributed by atoms with Crippen LogP contribution in [-0.4, -0.2) is 34.9 Å². The van der Waals surface area contributed by atoms with Gasteiger partial charge in [-0.3, -0.25) is 4.79 Å². The predicted molar refractivity (Wildman–Crippen MR) is 64.0 cm³/mol. The third-order valence-electron chi connectivity index (χ3n) is 2.43. The highest BCUT2D eigenvalue weighted by atomic mass is 19.1. The monoisotopic (exact) mass is 239 g/mol. The van der Waals surface area contributed by atoms with Crippen LogP contribution >= 0.6 is 0 Å². The van der Waals surface area contributed by atoms with E-state index in [1.807, 2.05) is 13.8 Å². The maximum atomic E-state index is 12.7. The van der Waals surface area contributed by atoms with Crippen molar-refractivity contribution in [1.82, 2.24) is 9.88 Å². The molecule has 0 aliphatic rings. The third-order valence-corrected chi connectivity index (χ3v) is 2.43. The molecular weight excluding hydrogens is 221 g/mol. The van der Waals surface area contributed by atoms with E-state index in [0.29, 0.717) is 13.1 Å². The van der Waals surface area contributed by atoms with Crippen molar-refractivity contribution in [3.8, 4) is 0 Å². The van der Waals surface area contributed by atoms with Gasteiger partial charge in [0.25, 0.3) is 5.91 Å². The van der Waals surface area contributed by atoms with Gasteiger partial charge in [0, 0.05) is 12.6 Å². The molecule has 0 aliphatic heterocycles. The Labute approximate surface area is 101 Å². The summed E-state index contributed by atoms with van der Waals surface area (Å²) in [5.74, 6) is -0.631. The lowest BCUT2D eigenvalue weighted by atomic mass is 10.2. The summed E-state index contributed by atoms with van der Waals surface area (Å²) in [5.41, 5.74) is 5.69. The Morgan fingerprint density at radius 2 is 2.24 bits per heavy atom.